The van der Waals surface area contributed by atoms with Gasteiger partial charge in [0.1, 0.15) is 52.6 Å². The minimum absolute atomic E-state index is 0.0277. The molecule has 9 N–H and O–H groups in total. The fraction of sp³-hybridized carbons (Fsp3) is 0.544. The van der Waals surface area contributed by atoms with Gasteiger partial charge in [-0.1, -0.05) is 78.7 Å². The Morgan fingerprint density at radius 3 is 2.41 bits per heavy atom. The number of anilines is 3. The number of amides is 8. The van der Waals surface area contributed by atoms with E-state index in [4.69, 9.17) is 45.8 Å². The highest BCUT2D eigenvalue weighted by atomic mass is 79.9. The van der Waals surface area contributed by atoms with Crippen molar-refractivity contribution in [2.45, 2.75) is 153 Å². The molecule has 3 heterocycles. The Bertz CT molecular complexity index is 2810. The monoisotopic (exact) mass is 1250 g/mol. The van der Waals surface area contributed by atoms with Gasteiger partial charge in [-0.2, -0.15) is 0 Å². The molecule has 5 rings (SSSR count). The number of epoxide rings is 1. The first-order valence-corrected chi connectivity index (χ1v) is 28.7. The van der Waals surface area contributed by atoms with Gasteiger partial charge in [0.25, 0.3) is 0 Å². The highest BCUT2D eigenvalue weighted by molar-refractivity contribution is 9.09. The molecule has 0 radical (unpaired) electrons. The molecule has 2 aromatic carbocycles. The molecule has 10 atom stereocenters. The second-order valence-corrected chi connectivity index (χ2v) is 22.4. The number of primary amides is 1. The summed E-state index contributed by atoms with van der Waals surface area (Å²) in [5.41, 5.74) is 3.54. The standard InChI is InChI=1S/C57H77BrClFN8O15/c1-30(2)48(66-45(69)19-12-11-16-33(5)80-52(73)32(4)29-58)51(72)64-39(17-14-22-62-53(61)74)50(71)63-36-20-21-38(37(60)26-36)65-54(75)82-44-27-46(70)68(8)40-24-35(25-41(78-9)47(40)59)23-31(3)15-13-18-43(79-10)57(77)28-42(81-55(76)67-57)34(6)49-56(44,7)83-49/h13,15,18,20-21,24-26,30,33-34,39,42-44,48-49,77H,4,11-12,14,16-17,19,22-23,27-29H2,1-3,5-10H3,(H,63,71)(H,64,72)(H,65,75)(H,66,69)(H,67,76)(H3,61,62,74)/b18-13+,31-15+/t33?,34-,39+,42+,43-,44+,48+,49+,56+,57+/m1/s1. The first kappa shape index (κ1) is 67.0. The Morgan fingerprint density at radius 2 is 1.76 bits per heavy atom. The number of allylic oxidation sites excluding steroid dienone is 3. The molecule has 3 aliphatic rings. The number of halogens is 3. The van der Waals surface area contributed by atoms with Gasteiger partial charge in [0.15, 0.2) is 5.72 Å². The van der Waals surface area contributed by atoms with Crippen LogP contribution in [-0.2, 0) is 54.1 Å². The van der Waals surface area contributed by atoms with E-state index in [0.29, 0.717) is 25.7 Å². The molecular weight excluding hydrogens is 1170 g/mol. The summed E-state index contributed by atoms with van der Waals surface area (Å²) >= 11 is 9.97. The Kier molecular flexibility index (Phi) is 24.3. The van der Waals surface area contributed by atoms with E-state index in [9.17, 15) is 43.5 Å². The molecule has 2 aromatic rings. The van der Waals surface area contributed by atoms with Gasteiger partial charge in [0.05, 0.1) is 37.1 Å². The Labute approximate surface area is 495 Å². The van der Waals surface area contributed by atoms with Crippen molar-refractivity contribution < 1.29 is 76.3 Å². The number of methoxy groups -OCH3 is 2. The predicted octanol–water partition coefficient (Wildman–Crippen LogP) is 6.97. The summed E-state index contributed by atoms with van der Waals surface area (Å²) in [6.07, 6.45) is -0.248. The van der Waals surface area contributed by atoms with Gasteiger partial charge in [-0.3, -0.25) is 29.8 Å². The molecule has 0 aliphatic carbocycles. The second kappa shape index (κ2) is 30.1. The molecule has 8 amide bonds. The topological polar surface area (TPSA) is 317 Å². The van der Waals surface area contributed by atoms with E-state index in [1.165, 1.54) is 32.2 Å². The number of carbonyl (C=O) groups excluding carboxylic acids is 8. The molecule has 2 fully saturated rings. The number of hydrogen-bond donors (Lipinski definition) is 8. The molecule has 26 heteroatoms. The molecule has 0 aromatic heterocycles. The fourth-order valence-corrected chi connectivity index (χ4v) is 10.3. The lowest BCUT2D eigenvalue weighted by Gasteiger charge is -2.42. The third-order valence-electron chi connectivity index (χ3n) is 14.6. The summed E-state index contributed by atoms with van der Waals surface area (Å²) in [5.74, 6) is -4.82. The number of esters is 1. The zero-order valence-electron chi connectivity index (χ0n) is 48.1. The van der Waals surface area contributed by atoms with Crippen molar-refractivity contribution >= 4 is 92.4 Å². The molecule has 23 nitrogen and oxygen atoms in total. The molecule has 4 bridgehead atoms. The highest BCUT2D eigenvalue weighted by Gasteiger charge is 2.64. The average Bonchev–Trinajstić information content (AvgIpc) is 1.85. The second-order valence-electron chi connectivity index (χ2n) is 21.5. The zero-order valence-corrected chi connectivity index (χ0v) is 50.5. The maximum atomic E-state index is 16.0. The fourth-order valence-electron chi connectivity index (χ4n) is 9.72. The smallest absolute Gasteiger partial charge is 0.412 e. The molecule has 0 saturated carbocycles. The van der Waals surface area contributed by atoms with E-state index in [1.54, 1.807) is 58.9 Å². The van der Waals surface area contributed by atoms with Gasteiger partial charge in [-0.15, -0.1) is 0 Å². The van der Waals surface area contributed by atoms with Crippen LogP contribution in [-0.4, -0.2) is 140 Å². The number of nitrogens with two attached hydrogens (primary N) is 1. The quantitative estimate of drug-likeness (QED) is 0.0147. The Morgan fingerprint density at radius 1 is 1.04 bits per heavy atom. The number of alkyl halides is 1. The van der Waals surface area contributed by atoms with Crippen LogP contribution in [0.25, 0.3) is 0 Å². The molecule has 3 aliphatic heterocycles. The summed E-state index contributed by atoms with van der Waals surface area (Å²) in [4.78, 5) is 107. The van der Waals surface area contributed by atoms with E-state index in [2.05, 4.69) is 54.4 Å². The predicted molar refractivity (Wildman–Crippen MR) is 310 cm³/mol. The van der Waals surface area contributed by atoms with Gasteiger partial charge in [-0.05, 0) is 101 Å². The molecular formula is C57H77BrClFN8O15. The lowest BCUT2D eigenvalue weighted by atomic mass is 9.83. The lowest BCUT2D eigenvalue weighted by Crippen LogP contribution is -2.63. The number of hydrogen-bond acceptors (Lipinski definition) is 15. The summed E-state index contributed by atoms with van der Waals surface area (Å²) in [7, 11) is 4.31. The van der Waals surface area contributed by atoms with Crippen molar-refractivity contribution in [3.05, 3.63) is 82.7 Å². The van der Waals surface area contributed by atoms with Crippen LogP contribution >= 0.6 is 27.5 Å². The van der Waals surface area contributed by atoms with Crippen LogP contribution in [0.15, 0.2) is 66.3 Å². The number of benzene rings is 2. The number of aliphatic hydroxyl groups is 1. The van der Waals surface area contributed by atoms with Crippen molar-refractivity contribution in [2.75, 3.05) is 48.7 Å². The van der Waals surface area contributed by atoms with Crippen molar-refractivity contribution in [1.29, 1.82) is 0 Å². The minimum Gasteiger partial charge on any atom is -0.495 e. The zero-order chi connectivity index (χ0) is 61.5. The van der Waals surface area contributed by atoms with E-state index in [0.717, 1.165) is 23.3 Å². The molecule has 1 unspecified atom stereocenters. The summed E-state index contributed by atoms with van der Waals surface area (Å²) in [5, 5.41) is 27.5. The number of fused-ring (bicyclic) bond motifs is 5. The lowest BCUT2D eigenvalue weighted by molar-refractivity contribution is -0.144. The normalized spacial score (nSPS) is 24.6. The maximum Gasteiger partial charge on any atom is 0.412 e. The van der Waals surface area contributed by atoms with Crippen LogP contribution in [0.1, 0.15) is 98.5 Å². The summed E-state index contributed by atoms with van der Waals surface area (Å²) in [6, 6.07) is 3.65. The molecule has 2 saturated heterocycles. The highest BCUT2D eigenvalue weighted by Crippen LogP contribution is 2.49. The summed E-state index contributed by atoms with van der Waals surface area (Å²) in [6.45, 7) is 14.0. The number of nitrogens with one attached hydrogen (secondary N) is 6. The third-order valence-corrected chi connectivity index (χ3v) is 15.6. The average molecular weight is 1250 g/mol. The first-order valence-electron chi connectivity index (χ1n) is 27.2. The first-order chi connectivity index (χ1) is 39.1. The van der Waals surface area contributed by atoms with Crippen molar-refractivity contribution in [1.82, 2.24) is 21.3 Å². The van der Waals surface area contributed by atoms with Crippen LogP contribution in [0.5, 0.6) is 5.75 Å². The van der Waals surface area contributed by atoms with Crippen molar-refractivity contribution in [3.63, 3.8) is 0 Å². The van der Waals surface area contributed by atoms with E-state index in [1.807, 2.05) is 13.0 Å². The number of ether oxygens (including phenoxy) is 6. The van der Waals surface area contributed by atoms with E-state index < -0.39 is 132 Å². The Hall–Kier alpha value is -6.80. The van der Waals surface area contributed by atoms with Gasteiger partial charge >= 0.3 is 24.2 Å². The third kappa shape index (κ3) is 18.6. The van der Waals surface area contributed by atoms with Gasteiger partial charge in [0.2, 0.25) is 23.6 Å². The number of rotatable bonds is 22. The van der Waals surface area contributed by atoms with E-state index >= 15 is 4.39 Å². The molecule has 0 spiro atoms. The van der Waals surface area contributed by atoms with Crippen LogP contribution in [0, 0.1) is 17.7 Å². The van der Waals surface area contributed by atoms with Gasteiger partial charge in [-0.25, -0.2) is 23.6 Å². The minimum atomic E-state index is -1.93. The maximum absolute atomic E-state index is 16.0. The molecule has 83 heavy (non-hydrogen) atoms. The largest absolute Gasteiger partial charge is 0.495 e. The van der Waals surface area contributed by atoms with Crippen LogP contribution < -0.4 is 47.3 Å². The van der Waals surface area contributed by atoms with Crippen molar-refractivity contribution in [2.24, 2.45) is 17.6 Å². The van der Waals surface area contributed by atoms with Gasteiger partial charge < -0.3 is 65.4 Å². The van der Waals surface area contributed by atoms with Crippen LogP contribution in [0.3, 0.4) is 0 Å². The number of alkyl carbamates (subject to hydrolysis) is 1. The van der Waals surface area contributed by atoms with E-state index in [-0.39, 0.29) is 65.3 Å². The van der Waals surface area contributed by atoms with Crippen LogP contribution in [0.2, 0.25) is 5.02 Å². The SMILES string of the molecule is C=C(CBr)C(=O)OC(C)CCCCC(=O)N[C@H](C(=O)N[C@@H](CCCNC(N)=O)C(=O)Nc1ccc(NC(=O)O[C@H]2CC(=O)N(C)c3cc(cc(OC)c3Cl)C/C(C)=C/C=C/[C@@H](OC)[C@@]3(O)C[C@H](OC(=O)N3)[C@@H](C)[C@@H]3O[C@@]23C)c(F)c1)C(C)C. The number of nitrogens with zero attached hydrogens (tertiary/aromatic N) is 1. The number of carbonyl (C=O) groups is 8. The number of unbranched alkanes of at least 4 members (excludes halogenated alkanes) is 1. The Balaban J connectivity index is 1.32. The summed E-state index contributed by atoms with van der Waals surface area (Å²) < 4.78 is 50.5. The van der Waals surface area contributed by atoms with Crippen molar-refractivity contribution in [3.8, 4) is 5.75 Å². The van der Waals surface area contributed by atoms with Crippen LogP contribution in [0.4, 0.5) is 35.8 Å². The number of urea groups is 1. The molecule has 456 valence electrons. The van der Waals surface area contributed by atoms with Gasteiger partial charge in [0, 0.05) is 56.1 Å².